The highest BCUT2D eigenvalue weighted by Crippen LogP contribution is 2.15. The number of nitrogens with two attached hydrogens (primary N) is 1. The summed E-state index contributed by atoms with van der Waals surface area (Å²) in [6, 6.07) is 7.11. The zero-order valence-electron chi connectivity index (χ0n) is 10.9. The molecule has 1 heterocycles. The number of rotatable bonds is 4. The van der Waals surface area contributed by atoms with Crippen LogP contribution in [-0.4, -0.2) is 25.2 Å². The molecule has 5 heteroatoms. The van der Waals surface area contributed by atoms with E-state index in [2.05, 4.69) is 5.32 Å². The zero-order chi connectivity index (χ0) is 12.8. The lowest BCUT2D eigenvalue weighted by Crippen LogP contribution is -2.29. The fraction of sp³-hybridized carbons (Fsp3) is 0.500. The topological polar surface area (TPSA) is 64.4 Å². The smallest absolute Gasteiger partial charge is 0.253 e. The van der Waals surface area contributed by atoms with E-state index >= 15 is 0 Å². The quantitative estimate of drug-likeness (QED) is 0.835. The van der Waals surface area contributed by atoms with E-state index in [-0.39, 0.29) is 18.3 Å². The van der Waals surface area contributed by atoms with Gasteiger partial charge in [-0.05, 0) is 37.8 Å². The van der Waals surface area contributed by atoms with Crippen molar-refractivity contribution in [2.75, 3.05) is 18.9 Å². The maximum atomic E-state index is 11.9. The predicted molar refractivity (Wildman–Crippen MR) is 78.6 cm³/mol. The van der Waals surface area contributed by atoms with Gasteiger partial charge in [-0.3, -0.25) is 4.79 Å². The van der Waals surface area contributed by atoms with Crippen molar-refractivity contribution in [3.05, 3.63) is 29.8 Å². The molecule has 1 amide bonds. The Morgan fingerprint density at radius 3 is 2.84 bits per heavy atom. The molecule has 0 aromatic heterocycles. The fourth-order valence-corrected chi connectivity index (χ4v) is 2.18. The molecule has 0 bridgehead atoms. The van der Waals surface area contributed by atoms with Crippen molar-refractivity contribution in [2.45, 2.75) is 31.8 Å². The van der Waals surface area contributed by atoms with Crippen LogP contribution >= 0.6 is 12.4 Å². The largest absolute Gasteiger partial charge is 0.398 e. The second kappa shape index (κ2) is 8.02. The normalized spacial score (nSPS) is 18.4. The van der Waals surface area contributed by atoms with E-state index in [0.29, 0.717) is 23.9 Å². The summed E-state index contributed by atoms with van der Waals surface area (Å²) in [7, 11) is 0. The summed E-state index contributed by atoms with van der Waals surface area (Å²) in [5, 5.41) is 2.89. The number of nitrogens with one attached hydrogen (secondary N) is 1. The third-order valence-electron chi connectivity index (χ3n) is 3.23. The van der Waals surface area contributed by atoms with Crippen molar-refractivity contribution in [3.8, 4) is 0 Å². The van der Waals surface area contributed by atoms with Gasteiger partial charge in [-0.25, -0.2) is 0 Å². The van der Waals surface area contributed by atoms with Crippen LogP contribution in [0.5, 0.6) is 0 Å². The number of carbonyl (C=O) groups excluding carboxylic acids is 1. The Bertz CT molecular complexity index is 406. The minimum absolute atomic E-state index is 0. The summed E-state index contributed by atoms with van der Waals surface area (Å²) in [6.45, 7) is 1.49. The number of amides is 1. The molecule has 1 saturated heterocycles. The molecule has 1 aromatic carbocycles. The van der Waals surface area contributed by atoms with Gasteiger partial charge in [0.1, 0.15) is 0 Å². The van der Waals surface area contributed by atoms with Crippen molar-refractivity contribution in [2.24, 2.45) is 0 Å². The van der Waals surface area contributed by atoms with Crippen molar-refractivity contribution < 1.29 is 9.53 Å². The van der Waals surface area contributed by atoms with Gasteiger partial charge in [0.05, 0.1) is 11.7 Å². The second-order valence-corrected chi connectivity index (χ2v) is 4.62. The monoisotopic (exact) mass is 284 g/mol. The highest BCUT2D eigenvalue weighted by Gasteiger charge is 2.14. The van der Waals surface area contributed by atoms with Gasteiger partial charge in [-0.1, -0.05) is 12.1 Å². The Morgan fingerprint density at radius 1 is 1.37 bits per heavy atom. The summed E-state index contributed by atoms with van der Waals surface area (Å²) in [5.41, 5.74) is 6.81. The first-order valence-electron chi connectivity index (χ1n) is 6.51. The van der Waals surface area contributed by atoms with E-state index < -0.39 is 0 Å². The molecule has 1 aliphatic rings. The Morgan fingerprint density at radius 2 is 2.16 bits per heavy atom. The lowest BCUT2D eigenvalue weighted by Gasteiger charge is -2.22. The van der Waals surface area contributed by atoms with Crippen LogP contribution in [0.3, 0.4) is 0 Å². The summed E-state index contributed by atoms with van der Waals surface area (Å²) in [4.78, 5) is 11.9. The van der Waals surface area contributed by atoms with Crippen molar-refractivity contribution in [3.63, 3.8) is 0 Å². The third-order valence-corrected chi connectivity index (χ3v) is 3.23. The third kappa shape index (κ3) is 4.73. The zero-order valence-corrected chi connectivity index (χ0v) is 11.7. The Balaban J connectivity index is 0.00000180. The highest BCUT2D eigenvalue weighted by molar-refractivity contribution is 5.98. The van der Waals surface area contributed by atoms with Crippen LogP contribution < -0.4 is 11.1 Å². The molecule has 106 valence electrons. The Kier molecular flexibility index (Phi) is 6.67. The van der Waals surface area contributed by atoms with Crippen LogP contribution in [0.25, 0.3) is 0 Å². The number of halogens is 1. The van der Waals surface area contributed by atoms with Crippen molar-refractivity contribution in [1.29, 1.82) is 0 Å². The van der Waals surface area contributed by atoms with E-state index in [1.165, 1.54) is 6.42 Å². The van der Waals surface area contributed by atoms with Crippen LogP contribution in [0.4, 0.5) is 5.69 Å². The molecule has 2 rings (SSSR count). The Hall–Kier alpha value is -1.26. The lowest BCUT2D eigenvalue weighted by molar-refractivity contribution is 0.0117. The van der Waals surface area contributed by atoms with Crippen LogP contribution in [-0.2, 0) is 4.74 Å². The molecular formula is C14H21ClN2O2. The van der Waals surface area contributed by atoms with Gasteiger partial charge >= 0.3 is 0 Å². The molecule has 0 saturated carbocycles. The van der Waals surface area contributed by atoms with Gasteiger partial charge in [-0.15, -0.1) is 12.4 Å². The SMILES string of the molecule is Cl.Nc1ccccc1C(=O)NCCC1CCCCO1. The molecule has 3 N–H and O–H groups in total. The number of benzene rings is 1. The maximum Gasteiger partial charge on any atom is 0.253 e. The maximum absolute atomic E-state index is 11.9. The first kappa shape index (κ1) is 15.8. The number of para-hydroxylation sites is 1. The highest BCUT2D eigenvalue weighted by atomic mass is 35.5. The number of nitrogen functional groups attached to an aromatic ring is 1. The molecule has 19 heavy (non-hydrogen) atoms. The van der Waals surface area contributed by atoms with E-state index in [4.69, 9.17) is 10.5 Å². The van der Waals surface area contributed by atoms with E-state index in [1.54, 1.807) is 12.1 Å². The average Bonchev–Trinajstić information content (AvgIpc) is 2.40. The van der Waals surface area contributed by atoms with Crippen LogP contribution in [0.1, 0.15) is 36.0 Å². The fourth-order valence-electron chi connectivity index (χ4n) is 2.18. The second-order valence-electron chi connectivity index (χ2n) is 4.62. The van der Waals surface area contributed by atoms with E-state index in [9.17, 15) is 4.79 Å². The van der Waals surface area contributed by atoms with Gasteiger partial charge in [0.25, 0.3) is 5.91 Å². The summed E-state index contributed by atoms with van der Waals surface area (Å²) >= 11 is 0. The number of ether oxygens (including phenoxy) is 1. The van der Waals surface area contributed by atoms with Gasteiger partial charge in [0.2, 0.25) is 0 Å². The van der Waals surface area contributed by atoms with Crippen molar-refractivity contribution in [1.82, 2.24) is 5.32 Å². The van der Waals surface area contributed by atoms with Gasteiger partial charge in [-0.2, -0.15) is 0 Å². The van der Waals surface area contributed by atoms with Gasteiger partial charge in [0, 0.05) is 18.8 Å². The number of hydrogen-bond donors (Lipinski definition) is 2. The molecule has 1 aliphatic heterocycles. The molecule has 1 fully saturated rings. The molecule has 0 radical (unpaired) electrons. The first-order chi connectivity index (χ1) is 8.77. The Labute approximate surface area is 120 Å². The summed E-state index contributed by atoms with van der Waals surface area (Å²) < 4.78 is 5.61. The van der Waals surface area contributed by atoms with Gasteiger partial charge < -0.3 is 15.8 Å². The number of hydrogen-bond acceptors (Lipinski definition) is 3. The molecule has 1 atom stereocenters. The predicted octanol–water partition coefficient (Wildman–Crippen LogP) is 2.38. The standard InChI is InChI=1S/C14H20N2O2.ClH/c15-13-7-2-1-6-12(13)14(17)16-9-8-11-5-3-4-10-18-11;/h1-2,6-7,11H,3-5,8-10,15H2,(H,16,17);1H. The van der Waals surface area contributed by atoms with Crippen LogP contribution in [0, 0.1) is 0 Å². The van der Waals surface area contributed by atoms with Gasteiger partial charge in [0.15, 0.2) is 0 Å². The number of anilines is 1. The molecule has 4 nitrogen and oxygen atoms in total. The summed E-state index contributed by atoms with van der Waals surface area (Å²) in [6.07, 6.45) is 4.65. The molecular weight excluding hydrogens is 264 g/mol. The minimum Gasteiger partial charge on any atom is -0.398 e. The minimum atomic E-state index is -0.107. The van der Waals surface area contributed by atoms with E-state index in [0.717, 1.165) is 25.9 Å². The molecule has 1 aromatic rings. The lowest BCUT2D eigenvalue weighted by atomic mass is 10.1. The molecule has 1 unspecified atom stereocenters. The number of carbonyl (C=O) groups is 1. The molecule has 0 aliphatic carbocycles. The van der Waals surface area contributed by atoms with Crippen molar-refractivity contribution >= 4 is 24.0 Å². The molecule has 0 spiro atoms. The van der Waals surface area contributed by atoms with Crippen LogP contribution in [0.2, 0.25) is 0 Å². The first-order valence-corrected chi connectivity index (χ1v) is 6.51. The van der Waals surface area contributed by atoms with Crippen LogP contribution in [0.15, 0.2) is 24.3 Å². The van der Waals surface area contributed by atoms with E-state index in [1.807, 2.05) is 12.1 Å². The summed E-state index contributed by atoms with van der Waals surface area (Å²) in [5.74, 6) is -0.107. The average molecular weight is 285 g/mol.